The van der Waals surface area contributed by atoms with Crippen LogP contribution in [0.3, 0.4) is 0 Å². The van der Waals surface area contributed by atoms with Crippen molar-refractivity contribution in [3.05, 3.63) is 15.6 Å². The summed E-state index contributed by atoms with van der Waals surface area (Å²) < 4.78 is 0. The molecule has 1 aromatic heterocycles. The second kappa shape index (κ2) is 5.59. The van der Waals surface area contributed by atoms with Gasteiger partial charge in [-0.15, -0.1) is 11.3 Å². The number of amides is 1. The Morgan fingerprint density at radius 3 is 2.53 bits per heavy atom. The van der Waals surface area contributed by atoms with Crippen molar-refractivity contribution in [2.24, 2.45) is 5.73 Å². The maximum atomic E-state index is 12.4. The molecule has 1 aliphatic carbocycles. The number of hydrogen-bond donors (Lipinski definition) is 2. The van der Waals surface area contributed by atoms with E-state index in [1.165, 1.54) is 6.42 Å². The molecule has 0 spiro atoms. The van der Waals surface area contributed by atoms with E-state index in [-0.39, 0.29) is 11.9 Å². The van der Waals surface area contributed by atoms with Gasteiger partial charge in [-0.3, -0.25) is 4.79 Å². The van der Waals surface area contributed by atoms with E-state index in [4.69, 9.17) is 5.73 Å². The van der Waals surface area contributed by atoms with Gasteiger partial charge >= 0.3 is 0 Å². The van der Waals surface area contributed by atoms with Crippen molar-refractivity contribution in [1.29, 1.82) is 0 Å². The minimum Gasteiger partial charge on any atom is -0.347 e. The van der Waals surface area contributed by atoms with Gasteiger partial charge in [0.1, 0.15) is 0 Å². The molecule has 0 bridgehead atoms. The molecule has 4 nitrogen and oxygen atoms in total. The first-order chi connectivity index (χ1) is 8.92. The fourth-order valence-electron chi connectivity index (χ4n) is 2.76. The summed E-state index contributed by atoms with van der Waals surface area (Å²) in [5.41, 5.74) is 6.59. The molecule has 2 rings (SSSR count). The predicted molar refractivity (Wildman–Crippen MR) is 78.1 cm³/mol. The lowest BCUT2D eigenvalue weighted by atomic mass is 9.82. The van der Waals surface area contributed by atoms with Crippen LogP contribution in [0.1, 0.15) is 60.6 Å². The molecule has 0 aromatic carbocycles. The molecule has 1 aromatic rings. The van der Waals surface area contributed by atoms with Crippen LogP contribution in [0.2, 0.25) is 0 Å². The first kappa shape index (κ1) is 14.5. The lowest BCUT2D eigenvalue weighted by molar-refractivity contribution is -0.128. The van der Waals surface area contributed by atoms with Crippen molar-refractivity contribution in [3.63, 3.8) is 0 Å². The Balaban J connectivity index is 2.04. The van der Waals surface area contributed by atoms with Crippen molar-refractivity contribution in [2.45, 2.75) is 64.5 Å². The summed E-state index contributed by atoms with van der Waals surface area (Å²) in [6.07, 6.45) is 4.89. The van der Waals surface area contributed by atoms with Gasteiger partial charge in [-0.05, 0) is 33.6 Å². The van der Waals surface area contributed by atoms with Crippen molar-refractivity contribution in [2.75, 3.05) is 0 Å². The van der Waals surface area contributed by atoms with Crippen LogP contribution in [0.25, 0.3) is 0 Å². The molecule has 1 amide bonds. The minimum absolute atomic E-state index is 0.00912. The van der Waals surface area contributed by atoms with E-state index in [0.717, 1.165) is 41.3 Å². The van der Waals surface area contributed by atoms with Crippen LogP contribution in [0.15, 0.2) is 0 Å². The molecule has 1 unspecified atom stereocenters. The number of aromatic nitrogens is 1. The minimum atomic E-state index is -0.667. The molecule has 0 radical (unpaired) electrons. The van der Waals surface area contributed by atoms with E-state index >= 15 is 0 Å². The van der Waals surface area contributed by atoms with Crippen LogP contribution in [-0.2, 0) is 4.79 Å². The Kier molecular flexibility index (Phi) is 4.26. The Morgan fingerprint density at radius 1 is 1.37 bits per heavy atom. The number of carbonyl (C=O) groups is 1. The maximum absolute atomic E-state index is 12.4. The number of hydrogen-bond acceptors (Lipinski definition) is 4. The van der Waals surface area contributed by atoms with E-state index in [1.54, 1.807) is 11.3 Å². The lowest BCUT2D eigenvalue weighted by Gasteiger charge is -2.32. The van der Waals surface area contributed by atoms with Gasteiger partial charge in [0.2, 0.25) is 5.91 Å². The number of nitrogens with two attached hydrogens (primary N) is 1. The van der Waals surface area contributed by atoms with Gasteiger partial charge in [-0.1, -0.05) is 19.3 Å². The molecule has 5 heteroatoms. The molecule has 0 aliphatic heterocycles. The van der Waals surface area contributed by atoms with Crippen LogP contribution in [0.5, 0.6) is 0 Å². The van der Waals surface area contributed by atoms with Gasteiger partial charge in [-0.25, -0.2) is 4.98 Å². The monoisotopic (exact) mass is 281 g/mol. The highest BCUT2D eigenvalue weighted by molar-refractivity contribution is 7.11. The molecule has 1 aliphatic rings. The highest BCUT2D eigenvalue weighted by atomic mass is 32.1. The average Bonchev–Trinajstić information content (AvgIpc) is 2.69. The summed E-state index contributed by atoms with van der Waals surface area (Å²) in [5, 5.41) is 4.10. The Bertz CT molecular complexity index is 463. The van der Waals surface area contributed by atoms with Gasteiger partial charge < -0.3 is 11.1 Å². The smallest absolute Gasteiger partial charge is 0.240 e. The fraction of sp³-hybridized carbons (Fsp3) is 0.714. The number of rotatable bonds is 3. The molecule has 1 saturated carbocycles. The van der Waals surface area contributed by atoms with Crippen LogP contribution >= 0.6 is 11.3 Å². The van der Waals surface area contributed by atoms with Crippen LogP contribution in [-0.4, -0.2) is 16.4 Å². The molecule has 0 saturated heterocycles. The molecule has 1 heterocycles. The van der Waals surface area contributed by atoms with Crippen LogP contribution < -0.4 is 11.1 Å². The zero-order chi connectivity index (χ0) is 14.0. The third-order valence-corrected chi connectivity index (χ3v) is 5.13. The van der Waals surface area contributed by atoms with E-state index in [1.807, 2.05) is 20.8 Å². The summed E-state index contributed by atoms with van der Waals surface area (Å²) in [6, 6.07) is -0.0129. The molecular weight excluding hydrogens is 258 g/mol. The summed E-state index contributed by atoms with van der Waals surface area (Å²) >= 11 is 1.64. The second-order valence-electron chi connectivity index (χ2n) is 5.59. The largest absolute Gasteiger partial charge is 0.347 e. The summed E-state index contributed by atoms with van der Waals surface area (Å²) in [4.78, 5) is 17.9. The SMILES string of the molecule is Cc1nc(C)c(C(C)NC(=O)C2(N)CCCCC2)s1. The van der Waals surface area contributed by atoms with Gasteiger partial charge in [0.25, 0.3) is 0 Å². The number of thiazole rings is 1. The van der Waals surface area contributed by atoms with Gasteiger partial charge in [0, 0.05) is 4.88 Å². The highest BCUT2D eigenvalue weighted by Crippen LogP contribution is 2.28. The molecule has 1 atom stereocenters. The third-order valence-electron chi connectivity index (χ3n) is 3.88. The molecule has 3 N–H and O–H groups in total. The van der Waals surface area contributed by atoms with E-state index < -0.39 is 5.54 Å². The quantitative estimate of drug-likeness (QED) is 0.895. The van der Waals surface area contributed by atoms with Crippen LogP contribution in [0, 0.1) is 13.8 Å². The number of carbonyl (C=O) groups excluding carboxylic acids is 1. The molecule has 19 heavy (non-hydrogen) atoms. The van der Waals surface area contributed by atoms with E-state index in [0.29, 0.717) is 0 Å². The van der Waals surface area contributed by atoms with Crippen LogP contribution in [0.4, 0.5) is 0 Å². The Morgan fingerprint density at radius 2 is 2.00 bits per heavy atom. The molecular formula is C14H23N3OS. The average molecular weight is 281 g/mol. The Hall–Kier alpha value is -0.940. The number of aryl methyl sites for hydroxylation is 2. The van der Waals surface area contributed by atoms with Crippen molar-refractivity contribution in [1.82, 2.24) is 10.3 Å². The molecule has 106 valence electrons. The Labute approximate surface area is 118 Å². The van der Waals surface area contributed by atoms with Gasteiger partial charge in [-0.2, -0.15) is 0 Å². The van der Waals surface area contributed by atoms with Crippen molar-refractivity contribution >= 4 is 17.2 Å². The van der Waals surface area contributed by atoms with Gasteiger partial charge in [0.05, 0.1) is 22.3 Å². The lowest BCUT2D eigenvalue weighted by Crippen LogP contribution is -2.55. The van der Waals surface area contributed by atoms with Crippen molar-refractivity contribution < 1.29 is 4.79 Å². The maximum Gasteiger partial charge on any atom is 0.240 e. The number of nitrogens with zero attached hydrogens (tertiary/aromatic N) is 1. The van der Waals surface area contributed by atoms with E-state index in [2.05, 4.69) is 10.3 Å². The third kappa shape index (κ3) is 3.15. The molecule has 1 fully saturated rings. The predicted octanol–water partition coefficient (Wildman–Crippen LogP) is 2.60. The standard InChI is InChI=1S/C14H23N3OS/c1-9-12(19-11(3)16-9)10(2)17-13(18)14(15)7-5-4-6-8-14/h10H,4-8,15H2,1-3H3,(H,17,18). The normalized spacial score (nSPS) is 20.0. The first-order valence-corrected chi connectivity index (χ1v) is 7.78. The van der Waals surface area contributed by atoms with Gasteiger partial charge in [0.15, 0.2) is 0 Å². The second-order valence-corrected chi connectivity index (χ2v) is 6.83. The topological polar surface area (TPSA) is 68.0 Å². The summed E-state index contributed by atoms with van der Waals surface area (Å²) in [6.45, 7) is 5.98. The highest BCUT2D eigenvalue weighted by Gasteiger charge is 2.36. The summed E-state index contributed by atoms with van der Waals surface area (Å²) in [7, 11) is 0. The zero-order valence-electron chi connectivity index (χ0n) is 12.0. The first-order valence-electron chi connectivity index (χ1n) is 6.96. The summed E-state index contributed by atoms with van der Waals surface area (Å²) in [5.74, 6) is -0.00912. The number of nitrogens with one attached hydrogen (secondary N) is 1. The van der Waals surface area contributed by atoms with E-state index in [9.17, 15) is 4.79 Å². The fourth-order valence-corrected chi connectivity index (χ4v) is 3.69. The van der Waals surface area contributed by atoms with Crippen molar-refractivity contribution in [3.8, 4) is 0 Å². The zero-order valence-corrected chi connectivity index (χ0v) is 12.8.